The van der Waals surface area contributed by atoms with Crippen LogP contribution in [0.2, 0.25) is 0 Å². The number of anilines is 2. The van der Waals surface area contributed by atoms with Crippen LogP contribution in [0.3, 0.4) is 0 Å². The third-order valence-corrected chi connectivity index (χ3v) is 7.84. The summed E-state index contributed by atoms with van der Waals surface area (Å²) in [6.07, 6.45) is 10.3. The highest BCUT2D eigenvalue weighted by Gasteiger charge is 2.42. The van der Waals surface area contributed by atoms with E-state index in [4.69, 9.17) is 11.3 Å². The number of nitrogens with zero attached hydrogens (tertiary/aromatic N) is 3. The molecule has 0 atom stereocenters. The van der Waals surface area contributed by atoms with E-state index in [1.165, 1.54) is 33.6 Å². The van der Waals surface area contributed by atoms with Gasteiger partial charge in [0.15, 0.2) is 0 Å². The first-order valence-electron chi connectivity index (χ1n) is 13.2. The predicted octanol–water partition coefficient (Wildman–Crippen LogP) is 7.63. The second-order valence-electron chi connectivity index (χ2n) is 10.5. The Labute approximate surface area is 224 Å². The number of rotatable bonds is 3. The van der Waals surface area contributed by atoms with Gasteiger partial charge in [0.25, 0.3) is 5.70 Å². The summed E-state index contributed by atoms with van der Waals surface area (Å²) in [4.78, 5) is 5.92. The minimum atomic E-state index is -0.454. The predicted molar refractivity (Wildman–Crippen MR) is 152 cm³/mol. The Morgan fingerprint density at radius 3 is 2.47 bits per heavy atom. The van der Waals surface area contributed by atoms with Gasteiger partial charge in [-0.2, -0.15) is 0 Å². The molecule has 0 unspecified atom stereocenters. The Hall–Kier alpha value is -4.54. The maximum atomic E-state index is 9.59. The summed E-state index contributed by atoms with van der Waals surface area (Å²) in [6, 6.07) is 25.9. The molecule has 2 aliphatic heterocycles. The van der Waals surface area contributed by atoms with Gasteiger partial charge < -0.3 is 9.64 Å². The van der Waals surface area contributed by atoms with Crippen molar-refractivity contribution < 1.29 is 4.74 Å². The molecular weight excluding hydrogens is 466 g/mol. The maximum Gasteiger partial charge on any atom is 0.265 e. The van der Waals surface area contributed by atoms with Gasteiger partial charge in [-0.3, -0.25) is 0 Å². The molecule has 1 spiro atoms. The summed E-state index contributed by atoms with van der Waals surface area (Å²) in [5.74, 6) is 0.703. The molecule has 4 nitrogen and oxygen atoms in total. The Balaban J connectivity index is 1.29. The average molecular weight is 496 g/mol. The van der Waals surface area contributed by atoms with Crippen LogP contribution in [-0.4, -0.2) is 12.1 Å². The molecule has 3 aromatic rings. The fourth-order valence-electron chi connectivity index (χ4n) is 6.04. The van der Waals surface area contributed by atoms with Crippen molar-refractivity contribution >= 4 is 17.5 Å². The van der Waals surface area contributed by atoms with Crippen LogP contribution in [-0.2, 0) is 24.0 Å². The second kappa shape index (κ2) is 9.73. The summed E-state index contributed by atoms with van der Waals surface area (Å²) >= 11 is 0. The highest BCUT2D eigenvalue weighted by atomic mass is 16.5. The normalized spacial score (nSPS) is 18.7. The smallest absolute Gasteiger partial charge is 0.265 e. The molecule has 0 amide bonds. The number of hydrogen-bond acceptors (Lipinski definition) is 3. The molecule has 0 radical (unpaired) electrons. The standard InChI is InChI=1S/C34H29N3O/c1-24-9-13-30(14-10-24)37-17-5-8-26-18-25(12-16-33(26)37)11-15-31-19-29(32(23-35)36-2)22-34(38-31)20-27-6-3-4-7-28(27)21-34/h3-4,6-7,9-16,18-19H,5,8,17,20-22H2,1H3/b15-11+,32-29+. The van der Waals surface area contributed by atoms with Gasteiger partial charge in [-0.15, -0.1) is 0 Å². The molecule has 0 saturated carbocycles. The van der Waals surface area contributed by atoms with Crippen molar-refractivity contribution in [3.05, 3.63) is 135 Å². The Bertz CT molecular complexity index is 1540. The van der Waals surface area contributed by atoms with Crippen LogP contribution in [0.1, 0.15) is 40.7 Å². The fourth-order valence-corrected chi connectivity index (χ4v) is 6.04. The number of allylic oxidation sites excluding steroid dienone is 3. The van der Waals surface area contributed by atoms with Crippen molar-refractivity contribution in [2.24, 2.45) is 0 Å². The van der Waals surface area contributed by atoms with Crippen LogP contribution in [0.15, 0.2) is 95.9 Å². The minimum Gasteiger partial charge on any atom is -0.486 e. The quantitative estimate of drug-likeness (QED) is 0.277. The van der Waals surface area contributed by atoms with E-state index < -0.39 is 5.60 Å². The first-order chi connectivity index (χ1) is 18.6. The van der Waals surface area contributed by atoms with Crippen molar-refractivity contribution in [3.63, 3.8) is 0 Å². The summed E-state index contributed by atoms with van der Waals surface area (Å²) in [7, 11) is 0. The summed E-state index contributed by atoms with van der Waals surface area (Å²) in [6.45, 7) is 10.7. The lowest BCUT2D eigenvalue weighted by Crippen LogP contribution is -2.36. The Morgan fingerprint density at radius 2 is 1.76 bits per heavy atom. The van der Waals surface area contributed by atoms with Gasteiger partial charge in [0.05, 0.1) is 12.6 Å². The molecule has 186 valence electrons. The molecule has 0 saturated heterocycles. The van der Waals surface area contributed by atoms with E-state index in [1.54, 1.807) is 0 Å². The van der Waals surface area contributed by atoms with Crippen molar-refractivity contribution in [3.8, 4) is 6.07 Å². The van der Waals surface area contributed by atoms with E-state index in [0.717, 1.165) is 43.4 Å². The molecule has 0 bridgehead atoms. The SMILES string of the molecule is [C-]#[N+]/C(C#N)=C1C=C(/C=C/c2ccc3c(c2)CCCN3c2ccc(C)cc2)OC2(C\1)Cc1ccccc1C2. The summed E-state index contributed by atoms with van der Waals surface area (Å²) < 4.78 is 6.63. The largest absolute Gasteiger partial charge is 0.486 e. The van der Waals surface area contributed by atoms with Crippen LogP contribution in [0.4, 0.5) is 11.4 Å². The lowest BCUT2D eigenvalue weighted by Gasteiger charge is -2.35. The van der Waals surface area contributed by atoms with Gasteiger partial charge in [0.1, 0.15) is 11.4 Å². The zero-order valence-corrected chi connectivity index (χ0v) is 21.6. The van der Waals surface area contributed by atoms with Crippen molar-refractivity contribution in [1.29, 1.82) is 5.26 Å². The average Bonchev–Trinajstić information content (AvgIpc) is 3.29. The van der Waals surface area contributed by atoms with E-state index in [9.17, 15) is 5.26 Å². The number of aryl methyl sites for hydroxylation is 2. The zero-order valence-electron chi connectivity index (χ0n) is 21.6. The molecule has 2 heterocycles. The van der Waals surface area contributed by atoms with Gasteiger partial charge in [-0.05, 0) is 84.0 Å². The number of fused-ring (bicyclic) bond motifs is 2. The minimum absolute atomic E-state index is 0.152. The van der Waals surface area contributed by atoms with E-state index >= 15 is 0 Å². The van der Waals surface area contributed by atoms with E-state index in [1.807, 2.05) is 12.2 Å². The molecule has 0 N–H and O–H groups in total. The maximum absolute atomic E-state index is 9.59. The topological polar surface area (TPSA) is 40.6 Å². The third kappa shape index (κ3) is 4.51. The molecule has 6 rings (SSSR count). The zero-order chi connectivity index (χ0) is 26.1. The van der Waals surface area contributed by atoms with Crippen LogP contribution in [0.25, 0.3) is 10.9 Å². The van der Waals surface area contributed by atoms with Crippen LogP contribution in [0, 0.1) is 24.8 Å². The van der Waals surface area contributed by atoms with Gasteiger partial charge in [0, 0.05) is 37.2 Å². The molecule has 38 heavy (non-hydrogen) atoms. The van der Waals surface area contributed by atoms with E-state index in [-0.39, 0.29) is 5.70 Å². The van der Waals surface area contributed by atoms with Crippen LogP contribution < -0.4 is 4.90 Å². The molecule has 1 aliphatic carbocycles. The highest BCUT2D eigenvalue weighted by molar-refractivity contribution is 5.70. The number of nitriles is 1. The molecular formula is C34H29N3O. The molecule has 3 aromatic carbocycles. The second-order valence-corrected chi connectivity index (χ2v) is 10.5. The molecule has 0 fully saturated rings. The van der Waals surface area contributed by atoms with Gasteiger partial charge in [0.2, 0.25) is 0 Å². The lowest BCUT2D eigenvalue weighted by molar-refractivity contribution is 0.0108. The molecule has 4 heteroatoms. The van der Waals surface area contributed by atoms with E-state index in [0.29, 0.717) is 12.2 Å². The summed E-state index contributed by atoms with van der Waals surface area (Å²) in [5, 5.41) is 9.59. The van der Waals surface area contributed by atoms with Crippen molar-refractivity contribution in [2.75, 3.05) is 11.4 Å². The molecule has 0 aromatic heterocycles. The number of benzene rings is 3. The first-order valence-corrected chi connectivity index (χ1v) is 13.2. The monoisotopic (exact) mass is 495 g/mol. The van der Waals surface area contributed by atoms with Crippen molar-refractivity contribution in [2.45, 2.75) is 44.6 Å². The Morgan fingerprint density at radius 1 is 1.00 bits per heavy atom. The Kier molecular flexibility index (Phi) is 6.10. The van der Waals surface area contributed by atoms with Crippen LogP contribution in [0.5, 0.6) is 0 Å². The van der Waals surface area contributed by atoms with Crippen molar-refractivity contribution in [1.82, 2.24) is 0 Å². The summed E-state index contributed by atoms with van der Waals surface area (Å²) in [5.41, 5.74) is 9.27. The molecule has 3 aliphatic rings. The lowest BCUT2D eigenvalue weighted by atomic mass is 9.87. The van der Waals surface area contributed by atoms with Gasteiger partial charge >= 0.3 is 0 Å². The highest BCUT2D eigenvalue weighted by Crippen LogP contribution is 2.43. The first kappa shape index (κ1) is 23.8. The number of hydrogen-bond donors (Lipinski definition) is 0. The number of ether oxygens (including phenoxy) is 1. The van der Waals surface area contributed by atoms with E-state index in [2.05, 4.69) is 95.5 Å². The third-order valence-electron chi connectivity index (χ3n) is 7.84. The van der Waals surface area contributed by atoms with Gasteiger partial charge in [-0.1, -0.05) is 54.1 Å². The van der Waals surface area contributed by atoms with Crippen LogP contribution >= 0.6 is 0 Å². The fraction of sp³-hybridized carbons (Fsp3) is 0.235. The van der Waals surface area contributed by atoms with Gasteiger partial charge in [-0.25, -0.2) is 10.1 Å².